The first-order valence-corrected chi connectivity index (χ1v) is 9.58. The summed E-state index contributed by atoms with van der Waals surface area (Å²) in [7, 11) is 0. The van der Waals surface area contributed by atoms with Crippen LogP contribution in [0, 0.1) is 27.7 Å². The summed E-state index contributed by atoms with van der Waals surface area (Å²) in [5.41, 5.74) is 9.81. The van der Waals surface area contributed by atoms with Crippen molar-refractivity contribution in [2.45, 2.75) is 53.9 Å². The Kier molecular flexibility index (Phi) is 5.10. The summed E-state index contributed by atoms with van der Waals surface area (Å²) in [6.45, 7) is 15.3. The average molecular weight is 359 g/mol. The van der Waals surface area contributed by atoms with E-state index in [1.165, 1.54) is 33.8 Å². The lowest BCUT2D eigenvalue weighted by Crippen LogP contribution is -2.11. The zero-order chi connectivity index (χ0) is 19.8. The minimum Gasteiger partial charge on any atom is -0.318 e. The summed E-state index contributed by atoms with van der Waals surface area (Å²) in [5.74, 6) is 0. The Bertz CT molecular complexity index is 980. The fraction of sp³-hybridized carbons (Fsp3) is 0.320. The Balaban J connectivity index is 1.94. The smallest absolute Gasteiger partial charge is 0.0659 e. The van der Waals surface area contributed by atoms with Gasteiger partial charge in [0.2, 0.25) is 0 Å². The first-order valence-electron chi connectivity index (χ1n) is 9.58. The molecule has 0 atom stereocenters. The van der Waals surface area contributed by atoms with Crippen LogP contribution < -0.4 is 0 Å². The predicted octanol–water partition coefficient (Wildman–Crippen LogP) is 6.76. The molecule has 0 aliphatic rings. The van der Waals surface area contributed by atoms with E-state index in [2.05, 4.69) is 102 Å². The summed E-state index contributed by atoms with van der Waals surface area (Å²) in [6, 6.07) is 17.5. The summed E-state index contributed by atoms with van der Waals surface area (Å²) in [6.07, 6.45) is 1.99. The number of hydrogen-bond donors (Lipinski definition) is 0. The molecule has 0 aliphatic carbocycles. The highest BCUT2D eigenvalue weighted by atomic mass is 15.0. The van der Waals surface area contributed by atoms with Crippen LogP contribution in [0.25, 0.3) is 5.69 Å². The molecule has 0 N–H and O–H groups in total. The van der Waals surface area contributed by atoms with Crippen LogP contribution in [0.5, 0.6) is 0 Å². The Hall–Kier alpha value is -2.61. The third-order valence-corrected chi connectivity index (χ3v) is 5.16. The van der Waals surface area contributed by atoms with E-state index in [0.717, 1.165) is 11.3 Å². The van der Waals surface area contributed by atoms with Gasteiger partial charge >= 0.3 is 0 Å². The first kappa shape index (κ1) is 19.2. The third kappa shape index (κ3) is 4.05. The molecule has 27 heavy (non-hydrogen) atoms. The van der Waals surface area contributed by atoms with Crippen molar-refractivity contribution < 1.29 is 0 Å². The van der Waals surface area contributed by atoms with Gasteiger partial charge in [0, 0.05) is 28.9 Å². The number of benzene rings is 2. The highest BCUT2D eigenvalue weighted by molar-refractivity contribution is 5.84. The van der Waals surface area contributed by atoms with E-state index in [9.17, 15) is 0 Å². The van der Waals surface area contributed by atoms with E-state index >= 15 is 0 Å². The Labute approximate surface area is 163 Å². The lowest BCUT2D eigenvalue weighted by Gasteiger charge is -2.20. The van der Waals surface area contributed by atoms with E-state index in [0.29, 0.717) is 0 Å². The van der Waals surface area contributed by atoms with Gasteiger partial charge in [-0.25, -0.2) is 0 Å². The van der Waals surface area contributed by atoms with Gasteiger partial charge in [-0.05, 0) is 68.5 Å². The molecule has 1 heterocycles. The highest BCUT2D eigenvalue weighted by Gasteiger charge is 2.14. The van der Waals surface area contributed by atoms with E-state index in [4.69, 9.17) is 4.99 Å². The lowest BCUT2D eigenvalue weighted by molar-refractivity contribution is 0.590. The molecule has 1 aromatic heterocycles. The molecule has 2 nitrogen and oxygen atoms in total. The average Bonchev–Trinajstić information content (AvgIpc) is 2.87. The largest absolute Gasteiger partial charge is 0.318 e. The van der Waals surface area contributed by atoms with Crippen molar-refractivity contribution in [2.75, 3.05) is 0 Å². The fourth-order valence-corrected chi connectivity index (χ4v) is 3.52. The van der Waals surface area contributed by atoms with Crippen LogP contribution in [-0.4, -0.2) is 10.8 Å². The summed E-state index contributed by atoms with van der Waals surface area (Å²) < 4.78 is 2.30. The molecule has 2 heteroatoms. The van der Waals surface area contributed by atoms with Gasteiger partial charge in [-0.1, -0.05) is 50.6 Å². The van der Waals surface area contributed by atoms with E-state index in [1.54, 1.807) is 0 Å². The van der Waals surface area contributed by atoms with Crippen LogP contribution in [-0.2, 0) is 5.41 Å². The van der Waals surface area contributed by atoms with Gasteiger partial charge in [0.05, 0.1) is 5.69 Å². The van der Waals surface area contributed by atoms with E-state index in [1.807, 2.05) is 6.21 Å². The van der Waals surface area contributed by atoms with Gasteiger partial charge in [-0.2, -0.15) is 0 Å². The molecule has 0 saturated heterocycles. The van der Waals surface area contributed by atoms with Crippen LogP contribution in [0.1, 0.15) is 54.4 Å². The topological polar surface area (TPSA) is 17.3 Å². The Morgan fingerprint density at radius 3 is 2.11 bits per heavy atom. The van der Waals surface area contributed by atoms with Crippen molar-refractivity contribution in [3.8, 4) is 5.69 Å². The van der Waals surface area contributed by atoms with Gasteiger partial charge in [-0.15, -0.1) is 0 Å². The van der Waals surface area contributed by atoms with Crippen molar-refractivity contribution in [3.63, 3.8) is 0 Å². The van der Waals surface area contributed by atoms with Gasteiger partial charge in [0.25, 0.3) is 0 Å². The molecular formula is C25H30N2. The molecule has 0 unspecified atom stereocenters. The molecule has 0 aliphatic heterocycles. The Morgan fingerprint density at radius 1 is 0.852 bits per heavy atom. The zero-order valence-electron chi connectivity index (χ0n) is 17.6. The summed E-state index contributed by atoms with van der Waals surface area (Å²) in [4.78, 5) is 4.73. The van der Waals surface area contributed by atoms with Crippen molar-refractivity contribution >= 4 is 11.9 Å². The molecular weight excluding hydrogens is 328 g/mol. The molecule has 140 valence electrons. The molecule has 0 spiro atoms. The highest BCUT2D eigenvalue weighted by Crippen LogP contribution is 2.26. The second-order valence-corrected chi connectivity index (χ2v) is 8.51. The number of rotatable bonds is 3. The molecule has 2 aromatic carbocycles. The van der Waals surface area contributed by atoms with Crippen molar-refractivity contribution in [1.29, 1.82) is 0 Å². The van der Waals surface area contributed by atoms with E-state index < -0.39 is 0 Å². The minimum atomic E-state index is 0.170. The number of nitrogens with zero attached hydrogens (tertiary/aromatic N) is 2. The summed E-state index contributed by atoms with van der Waals surface area (Å²) >= 11 is 0. The van der Waals surface area contributed by atoms with Crippen LogP contribution in [0.15, 0.2) is 53.5 Å². The molecule has 0 amide bonds. The maximum atomic E-state index is 4.73. The lowest BCUT2D eigenvalue weighted by atomic mass is 9.87. The van der Waals surface area contributed by atoms with Gasteiger partial charge < -0.3 is 4.57 Å². The van der Waals surface area contributed by atoms with Crippen LogP contribution in [0.4, 0.5) is 5.69 Å². The SMILES string of the molecule is Cc1ccc(N=Cc2cc(C)n(-c3ccc(C(C)(C)C)cc3)c2C)c(C)c1. The molecule has 3 aromatic rings. The standard InChI is InChI=1S/C25H30N2/c1-17-8-13-24(18(2)14-17)26-16-21-15-19(3)27(20(21)4)23-11-9-22(10-12-23)25(5,6)7/h8-16H,1-7H3. The van der Waals surface area contributed by atoms with Crippen molar-refractivity contribution in [3.05, 3.63) is 82.2 Å². The minimum absolute atomic E-state index is 0.170. The number of aromatic nitrogens is 1. The number of aryl methyl sites for hydroxylation is 3. The van der Waals surface area contributed by atoms with Crippen LogP contribution in [0.2, 0.25) is 0 Å². The zero-order valence-corrected chi connectivity index (χ0v) is 17.6. The third-order valence-electron chi connectivity index (χ3n) is 5.16. The Morgan fingerprint density at radius 2 is 1.52 bits per heavy atom. The molecule has 0 bridgehead atoms. The van der Waals surface area contributed by atoms with E-state index in [-0.39, 0.29) is 5.41 Å². The molecule has 0 fully saturated rings. The van der Waals surface area contributed by atoms with Gasteiger partial charge in [0.1, 0.15) is 0 Å². The van der Waals surface area contributed by atoms with Gasteiger partial charge in [0.15, 0.2) is 0 Å². The number of aliphatic imine (C=N–C) groups is 1. The number of hydrogen-bond acceptors (Lipinski definition) is 1. The maximum Gasteiger partial charge on any atom is 0.0659 e. The first-order chi connectivity index (χ1) is 12.7. The second kappa shape index (κ2) is 7.19. The van der Waals surface area contributed by atoms with Gasteiger partial charge in [-0.3, -0.25) is 4.99 Å². The van der Waals surface area contributed by atoms with Crippen LogP contribution in [0.3, 0.4) is 0 Å². The van der Waals surface area contributed by atoms with Crippen molar-refractivity contribution in [1.82, 2.24) is 4.57 Å². The van der Waals surface area contributed by atoms with Crippen molar-refractivity contribution in [2.24, 2.45) is 4.99 Å². The predicted molar refractivity (Wildman–Crippen MR) is 117 cm³/mol. The van der Waals surface area contributed by atoms with Crippen LogP contribution >= 0.6 is 0 Å². The molecule has 0 radical (unpaired) electrons. The molecule has 3 rings (SSSR count). The maximum absolute atomic E-state index is 4.73. The monoisotopic (exact) mass is 358 g/mol. The normalized spacial score (nSPS) is 12.1. The second-order valence-electron chi connectivity index (χ2n) is 8.51. The summed E-state index contributed by atoms with van der Waals surface area (Å²) in [5, 5.41) is 0. The molecule has 0 saturated carbocycles. The fourth-order valence-electron chi connectivity index (χ4n) is 3.52. The quantitative estimate of drug-likeness (QED) is 0.460.